The van der Waals surface area contributed by atoms with Crippen molar-refractivity contribution in [1.82, 2.24) is 15.0 Å². The summed E-state index contributed by atoms with van der Waals surface area (Å²) in [5, 5.41) is 13.4. The number of rotatable bonds is 2. The molecule has 0 bridgehead atoms. The van der Waals surface area contributed by atoms with Gasteiger partial charge in [0.05, 0.1) is 6.61 Å². The van der Waals surface area contributed by atoms with Crippen molar-refractivity contribution in [3.8, 4) is 17.2 Å². The first-order chi connectivity index (χ1) is 9.22. The molecule has 1 aromatic heterocycles. The van der Waals surface area contributed by atoms with Crippen LogP contribution in [0.5, 0.6) is 5.75 Å². The zero-order chi connectivity index (χ0) is 13.2. The quantitative estimate of drug-likeness (QED) is 0.882. The maximum atomic E-state index is 9.44. The van der Waals surface area contributed by atoms with Crippen molar-refractivity contribution >= 4 is 0 Å². The summed E-state index contributed by atoms with van der Waals surface area (Å²) in [4.78, 5) is 6.50. The first-order valence-electron chi connectivity index (χ1n) is 6.15. The van der Waals surface area contributed by atoms with E-state index < -0.39 is 0 Å². The molecule has 1 aliphatic heterocycles. The molecule has 0 amide bonds. The standard InChI is InChI=1S/C13H15N3O3/c1-16-5-6-18-11(8-16)12-14-13(19-15-12)9-3-2-4-10(17)7-9/h2-4,7,11,17H,5-6,8H2,1H3. The molecular weight excluding hydrogens is 246 g/mol. The lowest BCUT2D eigenvalue weighted by molar-refractivity contribution is -0.0264. The highest BCUT2D eigenvalue weighted by molar-refractivity contribution is 5.55. The van der Waals surface area contributed by atoms with Crippen LogP contribution in [0.15, 0.2) is 28.8 Å². The van der Waals surface area contributed by atoms with E-state index >= 15 is 0 Å². The van der Waals surface area contributed by atoms with Gasteiger partial charge < -0.3 is 19.3 Å². The third-order valence-corrected chi connectivity index (χ3v) is 3.09. The number of hydrogen-bond acceptors (Lipinski definition) is 6. The molecule has 1 unspecified atom stereocenters. The molecular formula is C13H15N3O3. The molecule has 2 aromatic rings. The van der Waals surface area contributed by atoms with E-state index in [1.807, 2.05) is 13.1 Å². The summed E-state index contributed by atoms with van der Waals surface area (Å²) in [5.74, 6) is 1.11. The van der Waals surface area contributed by atoms with Crippen molar-refractivity contribution in [3.63, 3.8) is 0 Å². The maximum Gasteiger partial charge on any atom is 0.258 e. The Morgan fingerprint density at radius 2 is 2.32 bits per heavy atom. The molecule has 2 heterocycles. The van der Waals surface area contributed by atoms with E-state index in [4.69, 9.17) is 9.26 Å². The summed E-state index contributed by atoms with van der Waals surface area (Å²) in [6.45, 7) is 2.32. The van der Waals surface area contributed by atoms with Gasteiger partial charge in [0.1, 0.15) is 11.9 Å². The molecule has 1 fully saturated rings. The second kappa shape index (κ2) is 4.99. The topological polar surface area (TPSA) is 71.6 Å². The van der Waals surface area contributed by atoms with Gasteiger partial charge in [0, 0.05) is 18.7 Å². The predicted molar refractivity (Wildman–Crippen MR) is 67.6 cm³/mol. The molecule has 1 N–H and O–H groups in total. The lowest BCUT2D eigenvalue weighted by Gasteiger charge is -2.27. The van der Waals surface area contributed by atoms with E-state index in [-0.39, 0.29) is 11.9 Å². The number of morpholine rings is 1. The van der Waals surface area contributed by atoms with Crippen LogP contribution in [0, 0.1) is 0 Å². The third-order valence-electron chi connectivity index (χ3n) is 3.09. The van der Waals surface area contributed by atoms with E-state index in [1.54, 1.807) is 18.2 Å². The lowest BCUT2D eigenvalue weighted by Crippen LogP contribution is -2.35. The van der Waals surface area contributed by atoms with Gasteiger partial charge in [0.15, 0.2) is 0 Å². The van der Waals surface area contributed by atoms with Crippen LogP contribution in [0.25, 0.3) is 11.5 Å². The lowest BCUT2D eigenvalue weighted by atomic mass is 10.2. The normalized spacial score (nSPS) is 20.6. The van der Waals surface area contributed by atoms with Crippen molar-refractivity contribution in [3.05, 3.63) is 30.1 Å². The van der Waals surface area contributed by atoms with E-state index in [0.717, 1.165) is 13.1 Å². The second-order valence-electron chi connectivity index (χ2n) is 4.63. The fourth-order valence-electron chi connectivity index (χ4n) is 2.06. The van der Waals surface area contributed by atoms with E-state index in [0.29, 0.717) is 23.9 Å². The highest BCUT2D eigenvalue weighted by atomic mass is 16.5. The molecule has 0 spiro atoms. The van der Waals surface area contributed by atoms with Gasteiger partial charge in [-0.15, -0.1) is 0 Å². The molecule has 0 aliphatic carbocycles. The van der Waals surface area contributed by atoms with Gasteiger partial charge in [-0.25, -0.2) is 0 Å². The van der Waals surface area contributed by atoms with Crippen molar-refractivity contribution in [2.45, 2.75) is 6.10 Å². The number of hydrogen-bond donors (Lipinski definition) is 1. The first kappa shape index (κ1) is 12.1. The van der Waals surface area contributed by atoms with Crippen LogP contribution in [0.2, 0.25) is 0 Å². The van der Waals surface area contributed by atoms with Gasteiger partial charge in [-0.2, -0.15) is 4.98 Å². The van der Waals surface area contributed by atoms with Gasteiger partial charge in [-0.1, -0.05) is 11.2 Å². The largest absolute Gasteiger partial charge is 0.508 e. The van der Waals surface area contributed by atoms with Crippen LogP contribution in [0.3, 0.4) is 0 Å². The molecule has 1 atom stereocenters. The summed E-state index contributed by atoms with van der Waals surface area (Å²) in [7, 11) is 2.03. The second-order valence-corrected chi connectivity index (χ2v) is 4.63. The van der Waals surface area contributed by atoms with Crippen LogP contribution in [-0.2, 0) is 4.74 Å². The van der Waals surface area contributed by atoms with Crippen LogP contribution in [0.1, 0.15) is 11.9 Å². The minimum Gasteiger partial charge on any atom is -0.508 e. The third kappa shape index (κ3) is 2.59. The summed E-state index contributed by atoms with van der Waals surface area (Å²) in [5.41, 5.74) is 0.697. The molecule has 6 nitrogen and oxygen atoms in total. The van der Waals surface area contributed by atoms with Gasteiger partial charge in [-0.05, 0) is 25.2 Å². The summed E-state index contributed by atoms with van der Waals surface area (Å²) < 4.78 is 10.9. The summed E-state index contributed by atoms with van der Waals surface area (Å²) in [6, 6.07) is 6.73. The molecule has 1 saturated heterocycles. The van der Waals surface area contributed by atoms with Gasteiger partial charge in [-0.3, -0.25) is 0 Å². The Kier molecular flexibility index (Phi) is 3.18. The number of ether oxygens (including phenoxy) is 1. The summed E-state index contributed by atoms with van der Waals surface area (Å²) in [6.07, 6.45) is -0.159. The van der Waals surface area contributed by atoms with E-state index in [2.05, 4.69) is 15.0 Å². The Labute approximate surface area is 110 Å². The molecule has 1 aromatic carbocycles. The van der Waals surface area contributed by atoms with Crippen molar-refractivity contribution in [2.24, 2.45) is 0 Å². The number of phenolic OH excluding ortho intramolecular Hbond substituents is 1. The minimum atomic E-state index is -0.159. The molecule has 0 radical (unpaired) electrons. The maximum absolute atomic E-state index is 9.44. The Morgan fingerprint density at radius 1 is 1.42 bits per heavy atom. The van der Waals surface area contributed by atoms with Crippen LogP contribution >= 0.6 is 0 Å². The summed E-state index contributed by atoms with van der Waals surface area (Å²) >= 11 is 0. The molecule has 6 heteroatoms. The fraction of sp³-hybridized carbons (Fsp3) is 0.385. The zero-order valence-corrected chi connectivity index (χ0v) is 10.6. The Morgan fingerprint density at radius 3 is 3.11 bits per heavy atom. The number of benzene rings is 1. The molecule has 3 rings (SSSR count). The highest BCUT2D eigenvalue weighted by Gasteiger charge is 2.24. The van der Waals surface area contributed by atoms with Crippen LogP contribution in [-0.4, -0.2) is 46.9 Å². The highest BCUT2D eigenvalue weighted by Crippen LogP contribution is 2.25. The monoisotopic (exact) mass is 261 g/mol. The molecule has 1 aliphatic rings. The van der Waals surface area contributed by atoms with Crippen molar-refractivity contribution in [2.75, 3.05) is 26.7 Å². The number of aromatic hydroxyl groups is 1. The van der Waals surface area contributed by atoms with Crippen molar-refractivity contribution < 1.29 is 14.4 Å². The molecule has 100 valence electrons. The average molecular weight is 261 g/mol. The number of aromatic nitrogens is 2. The smallest absolute Gasteiger partial charge is 0.258 e. The number of nitrogens with zero attached hydrogens (tertiary/aromatic N) is 3. The van der Waals surface area contributed by atoms with Gasteiger partial charge in [0.25, 0.3) is 5.89 Å². The molecule has 0 saturated carbocycles. The Bertz CT molecular complexity index is 570. The number of phenols is 1. The zero-order valence-electron chi connectivity index (χ0n) is 10.6. The number of likely N-dealkylation sites (N-methyl/N-ethyl adjacent to an activating group) is 1. The van der Waals surface area contributed by atoms with Crippen LogP contribution in [0.4, 0.5) is 0 Å². The van der Waals surface area contributed by atoms with E-state index in [1.165, 1.54) is 0 Å². The first-order valence-corrected chi connectivity index (χ1v) is 6.15. The minimum absolute atomic E-state index is 0.159. The van der Waals surface area contributed by atoms with E-state index in [9.17, 15) is 5.11 Å². The van der Waals surface area contributed by atoms with Crippen LogP contribution < -0.4 is 0 Å². The Hall–Kier alpha value is -1.92. The Balaban J connectivity index is 1.83. The predicted octanol–water partition coefficient (Wildman–Crippen LogP) is 1.45. The fourth-order valence-corrected chi connectivity index (χ4v) is 2.06. The average Bonchev–Trinajstić information content (AvgIpc) is 2.88. The SMILES string of the molecule is CN1CCOC(c2noc(-c3cccc(O)c3)n2)C1. The molecule has 19 heavy (non-hydrogen) atoms. The van der Waals surface area contributed by atoms with Gasteiger partial charge >= 0.3 is 0 Å². The van der Waals surface area contributed by atoms with Gasteiger partial charge in [0.2, 0.25) is 5.82 Å². The van der Waals surface area contributed by atoms with Crippen molar-refractivity contribution in [1.29, 1.82) is 0 Å².